The molecule has 7 nitrogen and oxygen atoms in total. The third kappa shape index (κ3) is 4.33. The molecular weight excluding hydrogens is 451 g/mol. The minimum atomic E-state index is -0.972. The van der Waals surface area contributed by atoms with Crippen molar-refractivity contribution in [2.45, 2.75) is 53.6 Å². The molecule has 0 radical (unpaired) electrons. The maximum absolute atomic E-state index is 13.8. The zero-order valence-corrected chi connectivity index (χ0v) is 20.5. The molecule has 1 unspecified atom stereocenters. The van der Waals surface area contributed by atoms with Crippen molar-refractivity contribution in [3.05, 3.63) is 59.9 Å². The first-order valence-corrected chi connectivity index (χ1v) is 11.5. The molecule has 8 heteroatoms. The molecule has 2 aliphatic rings. The number of amides is 3. The zero-order valence-electron chi connectivity index (χ0n) is 20.5. The highest BCUT2D eigenvalue weighted by Gasteiger charge is 2.69. The smallest absolute Gasteiger partial charge is 0.308 e. The summed E-state index contributed by atoms with van der Waals surface area (Å²) < 4.78 is 18.5. The fourth-order valence-electron chi connectivity index (χ4n) is 5.07. The van der Waals surface area contributed by atoms with Crippen molar-refractivity contribution in [3.8, 4) is 5.75 Å². The van der Waals surface area contributed by atoms with E-state index in [0.717, 1.165) is 4.90 Å². The molecule has 0 N–H and O–H groups in total. The molecule has 2 fully saturated rings. The second-order valence-corrected chi connectivity index (χ2v) is 10.3. The Labute approximate surface area is 203 Å². The molecule has 184 valence electrons. The lowest BCUT2D eigenvalue weighted by Gasteiger charge is -2.29. The largest absolute Gasteiger partial charge is 0.427 e. The Morgan fingerprint density at radius 1 is 1.00 bits per heavy atom. The molecule has 0 aromatic heterocycles. The van der Waals surface area contributed by atoms with Gasteiger partial charge in [0, 0.05) is 19.4 Å². The fourth-order valence-corrected chi connectivity index (χ4v) is 5.07. The average Bonchev–Trinajstić information content (AvgIpc) is 3.01. The number of imide groups is 1. The highest BCUT2D eigenvalue weighted by molar-refractivity contribution is 6.23. The number of esters is 1. The first kappa shape index (κ1) is 24.6. The molecule has 1 saturated heterocycles. The minimum absolute atomic E-state index is 0.0880. The van der Waals surface area contributed by atoms with E-state index in [2.05, 4.69) is 0 Å². The number of carbonyl (C=O) groups excluding carboxylic acids is 4. The minimum Gasteiger partial charge on any atom is -0.427 e. The fraction of sp³-hybridized carbons (Fsp3) is 0.407. The van der Waals surface area contributed by atoms with Crippen LogP contribution in [0.5, 0.6) is 5.75 Å². The summed E-state index contributed by atoms with van der Waals surface area (Å²) in [5, 5.41) is 0. The summed E-state index contributed by atoms with van der Waals surface area (Å²) in [6.07, 6.45) is -0.148. The Bertz CT molecular complexity index is 1170. The number of hydrogen-bond acceptors (Lipinski definition) is 5. The Kier molecular flexibility index (Phi) is 6.03. The number of ether oxygens (including phenoxy) is 1. The quantitative estimate of drug-likeness (QED) is 0.353. The number of halogens is 1. The van der Waals surface area contributed by atoms with Gasteiger partial charge in [0.25, 0.3) is 5.91 Å². The SMILES string of the molecule is CC(=O)Oc1ccc(N2C(=O)CC(N(Cc3ccc(F)cc3)C(=O)C3C(C)(C)C3(C)C)C2=O)cc1. The molecule has 3 amide bonds. The van der Waals surface area contributed by atoms with E-state index in [1.165, 1.54) is 48.2 Å². The van der Waals surface area contributed by atoms with E-state index in [0.29, 0.717) is 17.0 Å². The van der Waals surface area contributed by atoms with Crippen molar-refractivity contribution in [2.24, 2.45) is 16.7 Å². The summed E-state index contributed by atoms with van der Waals surface area (Å²) in [4.78, 5) is 53.9. The predicted octanol–water partition coefficient (Wildman–Crippen LogP) is 4.09. The zero-order chi connectivity index (χ0) is 25.7. The van der Waals surface area contributed by atoms with Crippen LogP contribution in [0.4, 0.5) is 10.1 Å². The van der Waals surface area contributed by atoms with Gasteiger partial charge in [-0.3, -0.25) is 19.2 Å². The van der Waals surface area contributed by atoms with Crippen LogP contribution in [0.1, 0.15) is 46.6 Å². The molecule has 0 spiro atoms. The van der Waals surface area contributed by atoms with Crippen molar-refractivity contribution >= 4 is 29.4 Å². The summed E-state index contributed by atoms with van der Waals surface area (Å²) in [6.45, 7) is 9.44. The van der Waals surface area contributed by atoms with Crippen molar-refractivity contribution in [1.29, 1.82) is 0 Å². The van der Waals surface area contributed by atoms with Gasteiger partial charge in [-0.05, 0) is 52.8 Å². The van der Waals surface area contributed by atoms with Crippen molar-refractivity contribution in [2.75, 3.05) is 4.90 Å². The molecule has 4 rings (SSSR count). The van der Waals surface area contributed by atoms with Crippen LogP contribution in [0.15, 0.2) is 48.5 Å². The van der Waals surface area contributed by atoms with E-state index in [9.17, 15) is 23.6 Å². The van der Waals surface area contributed by atoms with Gasteiger partial charge in [-0.25, -0.2) is 9.29 Å². The van der Waals surface area contributed by atoms with Gasteiger partial charge in [0.15, 0.2) is 0 Å². The normalized spacial score (nSPS) is 20.6. The maximum atomic E-state index is 13.8. The van der Waals surface area contributed by atoms with E-state index in [4.69, 9.17) is 4.74 Å². The van der Waals surface area contributed by atoms with E-state index in [1.54, 1.807) is 12.1 Å². The Morgan fingerprint density at radius 2 is 1.57 bits per heavy atom. The van der Waals surface area contributed by atoms with Crippen molar-refractivity contribution in [3.63, 3.8) is 0 Å². The van der Waals surface area contributed by atoms with E-state index < -0.39 is 29.6 Å². The predicted molar refractivity (Wildman–Crippen MR) is 127 cm³/mol. The third-order valence-electron chi connectivity index (χ3n) is 7.67. The second-order valence-electron chi connectivity index (χ2n) is 10.3. The molecular formula is C27H29FN2O5. The Balaban J connectivity index is 1.63. The number of carbonyl (C=O) groups is 4. The number of rotatable bonds is 6. The molecule has 2 aromatic carbocycles. The van der Waals surface area contributed by atoms with Crippen LogP contribution in [0.3, 0.4) is 0 Å². The lowest BCUT2D eigenvalue weighted by atomic mass is 10.0. The molecule has 1 aliphatic carbocycles. The highest BCUT2D eigenvalue weighted by Crippen LogP contribution is 2.69. The molecule has 0 bridgehead atoms. The van der Waals surface area contributed by atoms with Crippen LogP contribution in [0.25, 0.3) is 0 Å². The van der Waals surface area contributed by atoms with E-state index in [-0.39, 0.29) is 35.6 Å². The molecule has 1 saturated carbocycles. The monoisotopic (exact) mass is 480 g/mol. The standard InChI is InChI=1S/C27H29FN2O5/c1-16(31)35-20-12-10-19(11-13-20)30-22(32)14-21(24(30)33)29(15-17-6-8-18(28)9-7-17)25(34)23-26(2,3)27(23,4)5/h6-13,21,23H,14-15H2,1-5H3. The van der Waals surface area contributed by atoms with Gasteiger partial charge in [0.2, 0.25) is 11.8 Å². The Hall–Kier alpha value is -3.55. The first-order valence-electron chi connectivity index (χ1n) is 11.5. The maximum Gasteiger partial charge on any atom is 0.308 e. The summed E-state index contributed by atoms with van der Waals surface area (Å²) in [6, 6.07) is 10.8. The molecule has 35 heavy (non-hydrogen) atoms. The van der Waals surface area contributed by atoms with Crippen LogP contribution >= 0.6 is 0 Å². The summed E-state index contributed by atoms with van der Waals surface area (Å²) in [7, 11) is 0. The van der Waals surface area contributed by atoms with Crippen LogP contribution in [-0.2, 0) is 25.7 Å². The van der Waals surface area contributed by atoms with Gasteiger partial charge >= 0.3 is 5.97 Å². The highest BCUT2D eigenvalue weighted by atomic mass is 19.1. The summed E-state index contributed by atoms with van der Waals surface area (Å²) in [5.74, 6) is -2.01. The van der Waals surface area contributed by atoms with Crippen LogP contribution in [0.2, 0.25) is 0 Å². The van der Waals surface area contributed by atoms with E-state index >= 15 is 0 Å². The van der Waals surface area contributed by atoms with Crippen LogP contribution < -0.4 is 9.64 Å². The average molecular weight is 481 g/mol. The molecule has 1 heterocycles. The molecule has 1 atom stereocenters. The first-order chi connectivity index (χ1) is 16.3. The van der Waals surface area contributed by atoms with Gasteiger partial charge in [-0.2, -0.15) is 0 Å². The lowest BCUT2D eigenvalue weighted by Crippen LogP contribution is -2.46. The van der Waals surface area contributed by atoms with E-state index in [1.807, 2.05) is 27.7 Å². The van der Waals surface area contributed by atoms with Gasteiger partial charge in [0.1, 0.15) is 17.6 Å². The van der Waals surface area contributed by atoms with Gasteiger partial charge in [-0.15, -0.1) is 0 Å². The lowest BCUT2D eigenvalue weighted by molar-refractivity contribution is -0.141. The number of benzene rings is 2. The molecule has 2 aromatic rings. The van der Waals surface area contributed by atoms with Crippen LogP contribution in [0, 0.1) is 22.6 Å². The van der Waals surface area contributed by atoms with Gasteiger partial charge in [-0.1, -0.05) is 39.8 Å². The van der Waals surface area contributed by atoms with Crippen molar-refractivity contribution in [1.82, 2.24) is 4.90 Å². The number of hydrogen-bond donors (Lipinski definition) is 0. The number of nitrogens with zero attached hydrogens (tertiary/aromatic N) is 2. The topological polar surface area (TPSA) is 84.0 Å². The van der Waals surface area contributed by atoms with Crippen molar-refractivity contribution < 1.29 is 28.3 Å². The summed E-state index contributed by atoms with van der Waals surface area (Å²) in [5.41, 5.74) is 0.478. The Morgan fingerprint density at radius 3 is 2.09 bits per heavy atom. The van der Waals surface area contributed by atoms with Crippen LogP contribution in [-0.4, -0.2) is 34.6 Å². The number of anilines is 1. The van der Waals surface area contributed by atoms with Gasteiger partial charge in [0.05, 0.1) is 12.1 Å². The third-order valence-corrected chi connectivity index (χ3v) is 7.67. The second kappa shape index (κ2) is 8.59. The van der Waals surface area contributed by atoms with Gasteiger partial charge < -0.3 is 9.64 Å². The summed E-state index contributed by atoms with van der Waals surface area (Å²) >= 11 is 0. The molecule has 1 aliphatic heterocycles.